The van der Waals surface area contributed by atoms with Crippen molar-refractivity contribution in [2.45, 2.75) is 31.5 Å². The number of nitrogens with one attached hydrogen (secondary N) is 2. The van der Waals surface area contributed by atoms with Crippen molar-refractivity contribution in [1.82, 2.24) is 10.6 Å². The number of hydrogen-bond donors (Lipinski definition) is 4. The molecule has 4 nitrogen and oxygen atoms in total. The van der Waals surface area contributed by atoms with Gasteiger partial charge >= 0.3 is 0 Å². The van der Waals surface area contributed by atoms with E-state index in [1.807, 2.05) is 0 Å². The van der Waals surface area contributed by atoms with Gasteiger partial charge in [-0.05, 0) is 38.3 Å². The van der Waals surface area contributed by atoms with Gasteiger partial charge in [0.2, 0.25) is 0 Å². The minimum absolute atomic E-state index is 0.211. The summed E-state index contributed by atoms with van der Waals surface area (Å²) in [7, 11) is 0. The molecule has 2 saturated heterocycles. The molecule has 0 aromatic heterocycles. The van der Waals surface area contributed by atoms with Crippen LogP contribution in [0.25, 0.3) is 0 Å². The van der Waals surface area contributed by atoms with Crippen molar-refractivity contribution in [2.75, 3.05) is 19.6 Å². The Morgan fingerprint density at radius 3 is 2.71 bits per heavy atom. The summed E-state index contributed by atoms with van der Waals surface area (Å²) in [6, 6.07) is 0.211. The molecule has 2 aliphatic rings. The van der Waals surface area contributed by atoms with Crippen LogP contribution in [0.5, 0.6) is 0 Å². The van der Waals surface area contributed by atoms with Gasteiger partial charge in [0, 0.05) is 18.5 Å². The second kappa shape index (κ2) is 4.57. The van der Waals surface area contributed by atoms with E-state index in [9.17, 15) is 5.11 Å². The number of piperidine rings is 2. The zero-order chi connectivity index (χ0) is 9.97. The summed E-state index contributed by atoms with van der Waals surface area (Å²) in [5.74, 6) is 0.847. The summed E-state index contributed by atoms with van der Waals surface area (Å²) in [5, 5.41) is 16.3. The van der Waals surface area contributed by atoms with E-state index < -0.39 is 0 Å². The highest BCUT2D eigenvalue weighted by atomic mass is 16.3. The van der Waals surface area contributed by atoms with Crippen LogP contribution in [0.2, 0.25) is 0 Å². The second-order valence-electron chi connectivity index (χ2n) is 4.53. The average Bonchev–Trinajstić information content (AvgIpc) is 2.20. The van der Waals surface area contributed by atoms with E-state index in [0.29, 0.717) is 11.8 Å². The third-order valence-corrected chi connectivity index (χ3v) is 3.61. The van der Waals surface area contributed by atoms with Crippen LogP contribution in [0.1, 0.15) is 19.3 Å². The SMILES string of the molecule is NC1CNCCC1C1CCCNC1O. The monoisotopic (exact) mass is 199 g/mol. The highest BCUT2D eigenvalue weighted by Crippen LogP contribution is 2.29. The van der Waals surface area contributed by atoms with Crippen LogP contribution in [0.15, 0.2) is 0 Å². The molecular formula is C10H21N3O. The Morgan fingerprint density at radius 1 is 1.14 bits per heavy atom. The molecule has 0 aromatic rings. The Morgan fingerprint density at radius 2 is 2.00 bits per heavy atom. The molecule has 2 aliphatic heterocycles. The number of aliphatic hydroxyl groups is 1. The van der Waals surface area contributed by atoms with Gasteiger partial charge in [-0.1, -0.05) is 0 Å². The number of nitrogens with two attached hydrogens (primary N) is 1. The normalized spacial score (nSPS) is 45.0. The van der Waals surface area contributed by atoms with Gasteiger partial charge in [0.1, 0.15) is 6.23 Å². The first kappa shape index (κ1) is 10.4. The molecule has 82 valence electrons. The second-order valence-corrected chi connectivity index (χ2v) is 4.53. The fourth-order valence-electron chi connectivity index (χ4n) is 2.78. The van der Waals surface area contributed by atoms with Crippen molar-refractivity contribution in [3.05, 3.63) is 0 Å². The standard InChI is InChI=1S/C10H21N3O/c11-9-6-12-5-3-7(9)8-2-1-4-13-10(8)14/h7-10,12-14H,1-6,11H2. The van der Waals surface area contributed by atoms with Crippen LogP contribution >= 0.6 is 0 Å². The Balaban J connectivity index is 1.96. The first-order valence-electron chi connectivity index (χ1n) is 5.67. The first-order chi connectivity index (χ1) is 6.79. The maximum atomic E-state index is 9.85. The van der Waals surface area contributed by atoms with Crippen LogP contribution in [-0.4, -0.2) is 37.0 Å². The van der Waals surface area contributed by atoms with Gasteiger partial charge < -0.3 is 16.2 Å². The van der Waals surface area contributed by atoms with Crippen molar-refractivity contribution < 1.29 is 5.11 Å². The third-order valence-electron chi connectivity index (χ3n) is 3.61. The Labute approximate surface area is 85.2 Å². The van der Waals surface area contributed by atoms with Gasteiger partial charge in [-0.3, -0.25) is 5.32 Å². The molecule has 0 aliphatic carbocycles. The zero-order valence-corrected chi connectivity index (χ0v) is 8.58. The molecule has 0 aromatic carbocycles. The molecule has 5 N–H and O–H groups in total. The molecule has 4 unspecified atom stereocenters. The smallest absolute Gasteiger partial charge is 0.108 e. The summed E-state index contributed by atoms with van der Waals surface area (Å²) < 4.78 is 0. The minimum atomic E-state index is -0.335. The van der Waals surface area contributed by atoms with Crippen LogP contribution in [0, 0.1) is 11.8 Å². The lowest BCUT2D eigenvalue weighted by atomic mass is 9.77. The van der Waals surface area contributed by atoms with Gasteiger partial charge in [0.15, 0.2) is 0 Å². The lowest BCUT2D eigenvalue weighted by molar-refractivity contribution is 0.00568. The molecule has 2 rings (SSSR count). The molecule has 4 heteroatoms. The minimum Gasteiger partial charge on any atom is -0.378 e. The average molecular weight is 199 g/mol. The van der Waals surface area contributed by atoms with Gasteiger partial charge in [0.25, 0.3) is 0 Å². The topological polar surface area (TPSA) is 70.3 Å². The van der Waals surface area contributed by atoms with E-state index in [0.717, 1.165) is 32.5 Å². The van der Waals surface area contributed by atoms with Crippen LogP contribution < -0.4 is 16.4 Å². The highest BCUT2D eigenvalue weighted by molar-refractivity contribution is 4.89. The first-order valence-corrected chi connectivity index (χ1v) is 5.67. The van der Waals surface area contributed by atoms with Gasteiger partial charge in [-0.25, -0.2) is 0 Å². The Kier molecular flexibility index (Phi) is 3.38. The lowest BCUT2D eigenvalue weighted by Gasteiger charge is -2.40. The molecule has 2 fully saturated rings. The lowest BCUT2D eigenvalue weighted by Crippen LogP contribution is -2.54. The van der Waals surface area contributed by atoms with E-state index >= 15 is 0 Å². The Bertz CT molecular complexity index is 168. The quantitative estimate of drug-likeness (QED) is 0.448. The van der Waals surface area contributed by atoms with E-state index in [4.69, 9.17) is 5.73 Å². The zero-order valence-electron chi connectivity index (χ0n) is 8.58. The number of hydrogen-bond acceptors (Lipinski definition) is 4. The molecular weight excluding hydrogens is 178 g/mol. The third kappa shape index (κ3) is 2.08. The van der Waals surface area contributed by atoms with Crippen molar-refractivity contribution in [3.8, 4) is 0 Å². The van der Waals surface area contributed by atoms with Crippen LogP contribution in [-0.2, 0) is 0 Å². The predicted molar refractivity (Wildman–Crippen MR) is 55.7 cm³/mol. The maximum absolute atomic E-state index is 9.85. The van der Waals surface area contributed by atoms with Crippen molar-refractivity contribution >= 4 is 0 Å². The fourth-order valence-corrected chi connectivity index (χ4v) is 2.78. The van der Waals surface area contributed by atoms with E-state index in [1.54, 1.807) is 0 Å². The number of rotatable bonds is 1. The van der Waals surface area contributed by atoms with Crippen molar-refractivity contribution in [2.24, 2.45) is 17.6 Å². The van der Waals surface area contributed by atoms with Crippen molar-refractivity contribution in [3.63, 3.8) is 0 Å². The van der Waals surface area contributed by atoms with E-state index in [-0.39, 0.29) is 12.3 Å². The van der Waals surface area contributed by atoms with Gasteiger partial charge in [-0.15, -0.1) is 0 Å². The molecule has 14 heavy (non-hydrogen) atoms. The predicted octanol–water partition coefficient (Wildman–Crippen LogP) is -0.759. The highest BCUT2D eigenvalue weighted by Gasteiger charge is 2.34. The molecule has 0 amide bonds. The molecule has 2 heterocycles. The summed E-state index contributed by atoms with van der Waals surface area (Å²) in [5.41, 5.74) is 6.07. The number of aliphatic hydroxyl groups excluding tert-OH is 1. The van der Waals surface area contributed by atoms with Crippen molar-refractivity contribution in [1.29, 1.82) is 0 Å². The maximum Gasteiger partial charge on any atom is 0.108 e. The van der Waals surface area contributed by atoms with Gasteiger partial charge in [0.05, 0.1) is 0 Å². The molecule has 0 saturated carbocycles. The van der Waals surface area contributed by atoms with E-state index in [2.05, 4.69) is 10.6 Å². The summed E-state index contributed by atoms with van der Waals surface area (Å²) in [6.45, 7) is 2.88. The summed E-state index contributed by atoms with van der Waals surface area (Å²) in [6.07, 6.45) is 3.05. The largest absolute Gasteiger partial charge is 0.378 e. The molecule has 0 bridgehead atoms. The molecule has 0 radical (unpaired) electrons. The fraction of sp³-hybridized carbons (Fsp3) is 1.00. The van der Waals surface area contributed by atoms with Crippen LogP contribution in [0.4, 0.5) is 0 Å². The van der Waals surface area contributed by atoms with Gasteiger partial charge in [-0.2, -0.15) is 0 Å². The van der Waals surface area contributed by atoms with Crippen LogP contribution in [0.3, 0.4) is 0 Å². The van der Waals surface area contributed by atoms with E-state index in [1.165, 1.54) is 6.42 Å². The summed E-state index contributed by atoms with van der Waals surface area (Å²) >= 11 is 0. The molecule has 0 spiro atoms. The molecule has 4 atom stereocenters. The Hall–Kier alpha value is -0.160. The summed E-state index contributed by atoms with van der Waals surface area (Å²) in [4.78, 5) is 0.